The zero-order valence-electron chi connectivity index (χ0n) is 12.9. The van der Waals surface area contributed by atoms with Crippen molar-refractivity contribution >= 4 is 11.8 Å². The first kappa shape index (κ1) is 15.8. The molecular formula is C17H21N3O2. The minimum atomic E-state index is -0.175. The summed E-state index contributed by atoms with van der Waals surface area (Å²) in [6.07, 6.45) is 4.13. The lowest BCUT2D eigenvalue weighted by atomic mass is 10.2. The van der Waals surface area contributed by atoms with Crippen LogP contribution in [0.25, 0.3) is 5.69 Å². The Morgan fingerprint density at radius 2 is 1.86 bits per heavy atom. The lowest BCUT2D eigenvalue weighted by Crippen LogP contribution is -2.34. The largest absolute Gasteiger partial charge is 0.354 e. The van der Waals surface area contributed by atoms with E-state index in [4.69, 9.17) is 0 Å². The van der Waals surface area contributed by atoms with Crippen molar-refractivity contribution in [1.29, 1.82) is 0 Å². The number of rotatable bonds is 6. The van der Waals surface area contributed by atoms with Gasteiger partial charge in [-0.15, -0.1) is 0 Å². The quantitative estimate of drug-likeness (QED) is 0.858. The number of nitrogens with one attached hydrogen (secondary N) is 2. The Bertz CT molecular complexity index is 633. The van der Waals surface area contributed by atoms with E-state index in [0.29, 0.717) is 12.1 Å². The molecule has 0 saturated heterocycles. The molecule has 2 amide bonds. The molecule has 0 saturated carbocycles. The van der Waals surface area contributed by atoms with Gasteiger partial charge in [-0.3, -0.25) is 9.59 Å². The van der Waals surface area contributed by atoms with Crippen LogP contribution in [-0.4, -0.2) is 29.0 Å². The fourth-order valence-electron chi connectivity index (χ4n) is 2.10. The second-order valence-corrected chi connectivity index (χ2v) is 5.37. The highest BCUT2D eigenvalue weighted by molar-refractivity contribution is 5.95. The molecule has 2 aromatic rings. The summed E-state index contributed by atoms with van der Waals surface area (Å²) in [5.74, 6) is -0.234. The maximum atomic E-state index is 12.1. The molecule has 0 aliphatic rings. The van der Waals surface area contributed by atoms with Crippen LogP contribution in [-0.2, 0) is 4.79 Å². The van der Waals surface area contributed by atoms with E-state index in [-0.39, 0.29) is 24.3 Å². The molecule has 0 spiro atoms. The van der Waals surface area contributed by atoms with E-state index in [1.54, 1.807) is 6.07 Å². The van der Waals surface area contributed by atoms with Crippen molar-refractivity contribution < 1.29 is 9.59 Å². The van der Waals surface area contributed by atoms with E-state index >= 15 is 0 Å². The Kier molecular flexibility index (Phi) is 5.36. The van der Waals surface area contributed by atoms with E-state index in [9.17, 15) is 9.59 Å². The van der Waals surface area contributed by atoms with Crippen LogP contribution < -0.4 is 10.6 Å². The third-order valence-corrected chi connectivity index (χ3v) is 3.10. The van der Waals surface area contributed by atoms with Gasteiger partial charge >= 0.3 is 0 Å². The number of hydrogen-bond acceptors (Lipinski definition) is 2. The van der Waals surface area contributed by atoms with Crippen molar-refractivity contribution in [1.82, 2.24) is 15.2 Å². The molecule has 0 radical (unpaired) electrons. The topological polar surface area (TPSA) is 63.1 Å². The summed E-state index contributed by atoms with van der Waals surface area (Å²) in [6, 6.07) is 11.3. The Hall–Kier alpha value is -2.56. The summed E-state index contributed by atoms with van der Waals surface area (Å²) >= 11 is 0. The number of carbonyl (C=O) groups excluding carboxylic acids is 2. The minimum Gasteiger partial charge on any atom is -0.354 e. The van der Waals surface area contributed by atoms with Crippen LogP contribution in [0.5, 0.6) is 0 Å². The van der Waals surface area contributed by atoms with Crippen LogP contribution in [0.4, 0.5) is 0 Å². The van der Waals surface area contributed by atoms with Crippen molar-refractivity contribution in [2.75, 3.05) is 6.54 Å². The van der Waals surface area contributed by atoms with Crippen LogP contribution in [0.1, 0.15) is 30.6 Å². The maximum Gasteiger partial charge on any atom is 0.251 e. The summed E-state index contributed by atoms with van der Waals surface area (Å²) in [6.45, 7) is 4.14. The molecule has 1 aromatic heterocycles. The number of aromatic nitrogens is 1. The van der Waals surface area contributed by atoms with Gasteiger partial charge in [0.2, 0.25) is 5.91 Å². The zero-order valence-corrected chi connectivity index (χ0v) is 12.9. The monoisotopic (exact) mass is 299 g/mol. The van der Waals surface area contributed by atoms with Gasteiger partial charge in [0.15, 0.2) is 0 Å². The predicted molar refractivity (Wildman–Crippen MR) is 86.0 cm³/mol. The minimum absolute atomic E-state index is 0.0589. The van der Waals surface area contributed by atoms with Crippen LogP contribution in [0, 0.1) is 0 Å². The van der Waals surface area contributed by atoms with E-state index in [1.165, 1.54) is 0 Å². The Morgan fingerprint density at radius 3 is 2.55 bits per heavy atom. The predicted octanol–water partition coefficient (Wildman–Crippen LogP) is 2.12. The molecule has 5 heteroatoms. The summed E-state index contributed by atoms with van der Waals surface area (Å²) < 4.78 is 1.94. The highest BCUT2D eigenvalue weighted by Crippen LogP contribution is 2.10. The van der Waals surface area contributed by atoms with Gasteiger partial charge in [0.1, 0.15) is 0 Å². The lowest BCUT2D eigenvalue weighted by Gasteiger charge is -2.10. The fraction of sp³-hybridized carbons (Fsp3) is 0.294. The number of benzene rings is 1. The molecule has 0 atom stereocenters. The third-order valence-electron chi connectivity index (χ3n) is 3.10. The van der Waals surface area contributed by atoms with Gasteiger partial charge in [-0.25, -0.2) is 0 Å². The molecule has 1 aromatic carbocycles. The van der Waals surface area contributed by atoms with E-state index in [0.717, 1.165) is 5.69 Å². The molecule has 0 aliphatic heterocycles. The average Bonchev–Trinajstić information content (AvgIpc) is 3.00. The standard InChI is InChI=1S/C17H21N3O2/c1-13(2)19-16(21)8-9-18-17(22)14-6-5-7-15(12-14)20-10-3-4-11-20/h3-7,10-13H,8-9H2,1-2H3,(H,18,22)(H,19,21). The van der Waals surface area contributed by atoms with E-state index in [2.05, 4.69) is 10.6 Å². The Labute approximate surface area is 130 Å². The zero-order chi connectivity index (χ0) is 15.9. The molecule has 0 aliphatic carbocycles. The van der Waals surface area contributed by atoms with Gasteiger partial charge in [-0.2, -0.15) is 0 Å². The Balaban J connectivity index is 1.90. The first-order valence-corrected chi connectivity index (χ1v) is 7.37. The highest BCUT2D eigenvalue weighted by atomic mass is 16.2. The SMILES string of the molecule is CC(C)NC(=O)CCNC(=O)c1cccc(-n2cccc2)c1. The number of nitrogens with zero attached hydrogens (tertiary/aromatic N) is 1. The van der Waals surface area contributed by atoms with E-state index < -0.39 is 0 Å². The van der Waals surface area contributed by atoms with Crippen molar-refractivity contribution in [2.24, 2.45) is 0 Å². The second kappa shape index (κ2) is 7.45. The van der Waals surface area contributed by atoms with Gasteiger partial charge in [0.25, 0.3) is 5.91 Å². The number of amides is 2. The molecule has 0 fully saturated rings. The van der Waals surface area contributed by atoms with E-state index in [1.807, 2.05) is 61.1 Å². The van der Waals surface area contributed by atoms with Gasteiger partial charge in [-0.1, -0.05) is 6.07 Å². The van der Waals surface area contributed by atoms with Crippen molar-refractivity contribution in [3.8, 4) is 5.69 Å². The molecule has 2 rings (SSSR count). The van der Waals surface area contributed by atoms with Crippen molar-refractivity contribution in [3.63, 3.8) is 0 Å². The summed E-state index contributed by atoms with van der Waals surface area (Å²) in [7, 11) is 0. The van der Waals surface area contributed by atoms with Gasteiger partial charge in [-0.05, 0) is 44.2 Å². The molecule has 5 nitrogen and oxygen atoms in total. The van der Waals surface area contributed by atoms with Crippen LogP contribution in [0.3, 0.4) is 0 Å². The van der Waals surface area contributed by atoms with Gasteiger partial charge in [0, 0.05) is 42.7 Å². The van der Waals surface area contributed by atoms with Crippen LogP contribution in [0.2, 0.25) is 0 Å². The third kappa shape index (κ3) is 4.48. The average molecular weight is 299 g/mol. The highest BCUT2D eigenvalue weighted by Gasteiger charge is 2.08. The maximum absolute atomic E-state index is 12.1. The van der Waals surface area contributed by atoms with Crippen LogP contribution in [0.15, 0.2) is 48.8 Å². The summed E-state index contributed by atoms with van der Waals surface area (Å²) in [5.41, 5.74) is 1.51. The fourth-order valence-corrected chi connectivity index (χ4v) is 2.10. The summed E-state index contributed by atoms with van der Waals surface area (Å²) in [5, 5.41) is 5.56. The van der Waals surface area contributed by atoms with Gasteiger partial charge < -0.3 is 15.2 Å². The molecule has 22 heavy (non-hydrogen) atoms. The first-order valence-electron chi connectivity index (χ1n) is 7.37. The number of hydrogen-bond donors (Lipinski definition) is 2. The summed E-state index contributed by atoms with van der Waals surface area (Å²) in [4.78, 5) is 23.6. The molecule has 0 unspecified atom stereocenters. The number of carbonyl (C=O) groups is 2. The molecule has 2 N–H and O–H groups in total. The second-order valence-electron chi connectivity index (χ2n) is 5.37. The smallest absolute Gasteiger partial charge is 0.251 e. The van der Waals surface area contributed by atoms with Crippen molar-refractivity contribution in [3.05, 3.63) is 54.4 Å². The van der Waals surface area contributed by atoms with Crippen LogP contribution >= 0.6 is 0 Å². The van der Waals surface area contributed by atoms with Gasteiger partial charge in [0.05, 0.1) is 0 Å². The molecule has 1 heterocycles. The Morgan fingerprint density at radius 1 is 1.14 bits per heavy atom. The first-order chi connectivity index (χ1) is 10.6. The normalized spacial score (nSPS) is 10.5. The lowest BCUT2D eigenvalue weighted by molar-refractivity contribution is -0.121. The molecule has 0 bridgehead atoms. The molecule has 116 valence electrons. The molecular weight excluding hydrogens is 278 g/mol. The van der Waals surface area contributed by atoms with Crippen molar-refractivity contribution in [2.45, 2.75) is 26.3 Å².